The smallest absolute Gasteiger partial charge is 0.265 e. The van der Waals surface area contributed by atoms with Gasteiger partial charge in [0, 0.05) is 23.9 Å². The molecule has 2 aromatic rings. The SMILES string of the molecule is C=C(C)CN1C(=O)COc2ccc(NC(=O)c3cc(OC)cc(OC)c3)cc21. The van der Waals surface area contributed by atoms with Crippen molar-refractivity contribution in [3.05, 3.63) is 54.1 Å². The molecule has 0 bridgehead atoms. The van der Waals surface area contributed by atoms with Crippen molar-refractivity contribution < 1.29 is 23.8 Å². The third-order valence-corrected chi connectivity index (χ3v) is 4.20. The first-order chi connectivity index (χ1) is 13.4. The molecule has 1 heterocycles. The van der Waals surface area contributed by atoms with Gasteiger partial charge < -0.3 is 24.4 Å². The molecule has 7 nitrogen and oxygen atoms in total. The number of fused-ring (bicyclic) bond motifs is 1. The first-order valence-electron chi connectivity index (χ1n) is 8.67. The van der Waals surface area contributed by atoms with E-state index in [2.05, 4.69) is 11.9 Å². The highest BCUT2D eigenvalue weighted by Crippen LogP contribution is 2.35. The summed E-state index contributed by atoms with van der Waals surface area (Å²) in [5.41, 5.74) is 2.37. The Bertz CT molecular complexity index is 916. The van der Waals surface area contributed by atoms with Crippen LogP contribution in [0, 0.1) is 0 Å². The lowest BCUT2D eigenvalue weighted by Gasteiger charge is -2.30. The van der Waals surface area contributed by atoms with E-state index in [1.54, 1.807) is 41.3 Å². The van der Waals surface area contributed by atoms with Crippen LogP contribution >= 0.6 is 0 Å². The summed E-state index contributed by atoms with van der Waals surface area (Å²) in [5.74, 6) is 1.13. The lowest BCUT2D eigenvalue weighted by molar-refractivity contribution is -0.121. The number of nitrogens with zero attached hydrogens (tertiary/aromatic N) is 1. The van der Waals surface area contributed by atoms with Gasteiger partial charge in [-0.3, -0.25) is 9.59 Å². The van der Waals surface area contributed by atoms with E-state index >= 15 is 0 Å². The molecule has 0 radical (unpaired) electrons. The van der Waals surface area contributed by atoms with E-state index in [0.717, 1.165) is 5.57 Å². The van der Waals surface area contributed by atoms with Gasteiger partial charge >= 0.3 is 0 Å². The van der Waals surface area contributed by atoms with E-state index in [-0.39, 0.29) is 18.4 Å². The van der Waals surface area contributed by atoms with Crippen molar-refractivity contribution in [2.24, 2.45) is 0 Å². The van der Waals surface area contributed by atoms with Gasteiger partial charge in [0.15, 0.2) is 6.61 Å². The standard InChI is InChI=1S/C21H22N2O5/c1-13(2)11-23-18-9-15(5-6-19(18)28-12-20(23)24)22-21(25)14-7-16(26-3)10-17(8-14)27-4/h5-10H,1,11-12H2,2-4H3,(H,22,25). The molecule has 0 saturated heterocycles. The van der Waals surface area contributed by atoms with Crippen LogP contribution in [0.5, 0.6) is 17.2 Å². The van der Waals surface area contributed by atoms with E-state index in [9.17, 15) is 9.59 Å². The van der Waals surface area contributed by atoms with Crippen LogP contribution in [0.2, 0.25) is 0 Å². The summed E-state index contributed by atoms with van der Waals surface area (Å²) in [5, 5.41) is 2.83. The van der Waals surface area contributed by atoms with Crippen LogP contribution in [0.1, 0.15) is 17.3 Å². The average molecular weight is 382 g/mol. The molecule has 0 atom stereocenters. The van der Waals surface area contributed by atoms with E-state index in [0.29, 0.717) is 40.7 Å². The molecule has 2 aromatic carbocycles. The first kappa shape index (κ1) is 19.3. The molecule has 2 amide bonds. The second-order valence-corrected chi connectivity index (χ2v) is 6.46. The fraction of sp³-hybridized carbons (Fsp3) is 0.238. The molecule has 0 fully saturated rings. The van der Waals surface area contributed by atoms with Crippen molar-refractivity contribution in [1.82, 2.24) is 0 Å². The molecule has 0 aromatic heterocycles. The minimum absolute atomic E-state index is 0.0183. The number of anilines is 2. The number of hydrogen-bond acceptors (Lipinski definition) is 5. The number of carbonyl (C=O) groups is 2. The molecular weight excluding hydrogens is 360 g/mol. The fourth-order valence-corrected chi connectivity index (χ4v) is 2.86. The number of amides is 2. The zero-order chi connectivity index (χ0) is 20.3. The quantitative estimate of drug-likeness (QED) is 0.776. The fourth-order valence-electron chi connectivity index (χ4n) is 2.86. The molecule has 7 heteroatoms. The van der Waals surface area contributed by atoms with Gasteiger partial charge in [-0.1, -0.05) is 12.2 Å². The topological polar surface area (TPSA) is 77.1 Å². The molecule has 28 heavy (non-hydrogen) atoms. The minimum atomic E-state index is -0.327. The van der Waals surface area contributed by atoms with E-state index in [1.807, 2.05) is 6.92 Å². The monoisotopic (exact) mass is 382 g/mol. The Hall–Kier alpha value is -3.48. The third kappa shape index (κ3) is 4.09. The summed E-state index contributed by atoms with van der Waals surface area (Å²) in [6.07, 6.45) is 0. The largest absolute Gasteiger partial charge is 0.497 e. The van der Waals surface area contributed by atoms with Crippen molar-refractivity contribution in [3.8, 4) is 17.2 Å². The summed E-state index contributed by atoms with van der Waals surface area (Å²) in [7, 11) is 3.04. The maximum atomic E-state index is 12.7. The molecule has 1 aliphatic rings. The summed E-state index contributed by atoms with van der Waals surface area (Å²) >= 11 is 0. The second-order valence-electron chi connectivity index (χ2n) is 6.46. The van der Waals surface area contributed by atoms with Gasteiger partial charge in [0.05, 0.1) is 19.9 Å². The number of hydrogen-bond donors (Lipinski definition) is 1. The molecule has 0 aliphatic carbocycles. The van der Waals surface area contributed by atoms with Gasteiger partial charge in [-0.05, 0) is 37.3 Å². The number of nitrogens with one attached hydrogen (secondary N) is 1. The zero-order valence-electron chi connectivity index (χ0n) is 16.1. The van der Waals surface area contributed by atoms with Crippen LogP contribution in [0.3, 0.4) is 0 Å². The molecular formula is C21H22N2O5. The lowest BCUT2D eigenvalue weighted by atomic mass is 10.1. The van der Waals surface area contributed by atoms with Gasteiger partial charge in [-0.2, -0.15) is 0 Å². The summed E-state index contributed by atoms with van der Waals surface area (Å²) in [6, 6.07) is 10.1. The van der Waals surface area contributed by atoms with E-state index in [1.165, 1.54) is 14.2 Å². The molecule has 0 saturated carbocycles. The van der Waals surface area contributed by atoms with Crippen LogP contribution in [0.15, 0.2) is 48.6 Å². The number of rotatable bonds is 6. The Morgan fingerprint density at radius 3 is 2.46 bits per heavy atom. The highest BCUT2D eigenvalue weighted by molar-refractivity contribution is 6.06. The summed E-state index contributed by atoms with van der Waals surface area (Å²) in [6.45, 7) is 6.09. The van der Waals surface area contributed by atoms with Crippen LogP contribution < -0.4 is 24.4 Å². The summed E-state index contributed by atoms with van der Waals surface area (Å²) in [4.78, 5) is 26.5. The third-order valence-electron chi connectivity index (χ3n) is 4.20. The van der Waals surface area contributed by atoms with Crippen molar-refractivity contribution in [3.63, 3.8) is 0 Å². The zero-order valence-corrected chi connectivity index (χ0v) is 16.1. The number of methoxy groups -OCH3 is 2. The summed E-state index contributed by atoms with van der Waals surface area (Å²) < 4.78 is 15.9. The molecule has 0 spiro atoms. The molecule has 1 aliphatic heterocycles. The highest BCUT2D eigenvalue weighted by Gasteiger charge is 2.26. The number of benzene rings is 2. The molecule has 3 rings (SSSR count). The molecule has 146 valence electrons. The normalized spacial score (nSPS) is 12.7. The van der Waals surface area contributed by atoms with Crippen molar-refractivity contribution in [2.45, 2.75) is 6.92 Å². The van der Waals surface area contributed by atoms with Gasteiger partial charge in [0.1, 0.15) is 17.2 Å². The van der Waals surface area contributed by atoms with Crippen LogP contribution in [-0.2, 0) is 4.79 Å². The van der Waals surface area contributed by atoms with Crippen LogP contribution in [-0.4, -0.2) is 39.2 Å². The van der Waals surface area contributed by atoms with Gasteiger partial charge in [0.25, 0.3) is 11.8 Å². The van der Waals surface area contributed by atoms with E-state index in [4.69, 9.17) is 14.2 Å². The predicted octanol–water partition coefficient (Wildman–Crippen LogP) is 3.26. The van der Waals surface area contributed by atoms with Crippen LogP contribution in [0.25, 0.3) is 0 Å². The van der Waals surface area contributed by atoms with Crippen molar-refractivity contribution in [2.75, 3.05) is 37.6 Å². The maximum absolute atomic E-state index is 12.7. The second kappa shape index (κ2) is 8.04. The average Bonchev–Trinajstić information content (AvgIpc) is 2.69. The van der Waals surface area contributed by atoms with Gasteiger partial charge in [-0.15, -0.1) is 0 Å². The Kier molecular flexibility index (Phi) is 5.54. The molecule has 0 unspecified atom stereocenters. The molecule has 1 N–H and O–H groups in total. The number of carbonyl (C=O) groups excluding carboxylic acids is 2. The predicted molar refractivity (Wildman–Crippen MR) is 107 cm³/mol. The Morgan fingerprint density at radius 1 is 1.18 bits per heavy atom. The number of ether oxygens (including phenoxy) is 3. The Labute approximate surface area is 163 Å². The van der Waals surface area contributed by atoms with E-state index < -0.39 is 0 Å². The Morgan fingerprint density at radius 2 is 1.86 bits per heavy atom. The van der Waals surface area contributed by atoms with Crippen molar-refractivity contribution >= 4 is 23.2 Å². The maximum Gasteiger partial charge on any atom is 0.265 e. The van der Waals surface area contributed by atoms with Gasteiger partial charge in [0.2, 0.25) is 0 Å². The first-order valence-corrected chi connectivity index (χ1v) is 8.67. The highest BCUT2D eigenvalue weighted by atomic mass is 16.5. The minimum Gasteiger partial charge on any atom is -0.497 e. The lowest BCUT2D eigenvalue weighted by Crippen LogP contribution is -2.39. The van der Waals surface area contributed by atoms with Crippen LogP contribution in [0.4, 0.5) is 11.4 Å². The van der Waals surface area contributed by atoms with Crippen molar-refractivity contribution in [1.29, 1.82) is 0 Å². The Balaban J connectivity index is 1.88. The van der Waals surface area contributed by atoms with Gasteiger partial charge in [-0.25, -0.2) is 0 Å².